The molecular weight excluding hydrogens is 252 g/mol. The maximum Gasteiger partial charge on any atom is 0.253 e. The minimum Gasteiger partial charge on any atom is -0.394 e. The van der Waals surface area contributed by atoms with Gasteiger partial charge in [0.05, 0.1) is 18.2 Å². The van der Waals surface area contributed by atoms with Crippen molar-refractivity contribution >= 4 is 5.91 Å². The van der Waals surface area contributed by atoms with Gasteiger partial charge in [0.15, 0.2) is 0 Å². The molecule has 0 saturated carbocycles. The van der Waals surface area contributed by atoms with Crippen LogP contribution in [0.1, 0.15) is 21.6 Å². The summed E-state index contributed by atoms with van der Waals surface area (Å²) in [6, 6.07) is 13.0. The van der Waals surface area contributed by atoms with Gasteiger partial charge >= 0.3 is 0 Å². The minimum absolute atomic E-state index is 0.0973. The summed E-state index contributed by atoms with van der Waals surface area (Å²) in [4.78, 5) is 16.1. The Morgan fingerprint density at radius 1 is 1.25 bits per heavy atom. The van der Waals surface area contributed by atoms with Gasteiger partial charge in [-0.2, -0.15) is 0 Å². The molecule has 0 spiro atoms. The molecule has 104 valence electrons. The molecule has 1 atom stereocenters. The number of aromatic nitrogens is 1. The second kappa shape index (κ2) is 6.82. The lowest BCUT2D eigenvalue weighted by Crippen LogP contribution is -2.39. The van der Waals surface area contributed by atoms with Crippen LogP contribution in [0, 0.1) is 6.92 Å². The molecule has 1 aromatic heterocycles. The number of hydrogen-bond acceptors (Lipinski definition) is 3. The number of amides is 1. The van der Waals surface area contributed by atoms with Gasteiger partial charge in [0.25, 0.3) is 5.91 Å². The molecule has 0 unspecified atom stereocenters. The first-order valence-electron chi connectivity index (χ1n) is 6.57. The van der Waals surface area contributed by atoms with E-state index in [4.69, 9.17) is 0 Å². The van der Waals surface area contributed by atoms with Gasteiger partial charge in [0.1, 0.15) is 0 Å². The van der Waals surface area contributed by atoms with E-state index in [1.165, 1.54) is 0 Å². The fraction of sp³-hybridized carbons (Fsp3) is 0.250. The highest BCUT2D eigenvalue weighted by atomic mass is 16.3. The summed E-state index contributed by atoms with van der Waals surface area (Å²) in [5.41, 5.74) is 2.44. The maximum absolute atomic E-state index is 12.1. The summed E-state index contributed by atoms with van der Waals surface area (Å²) in [6.07, 6.45) is 2.14. The van der Waals surface area contributed by atoms with Crippen molar-refractivity contribution < 1.29 is 9.90 Å². The molecule has 0 saturated heterocycles. The summed E-state index contributed by atoms with van der Waals surface area (Å²) < 4.78 is 0. The fourth-order valence-electron chi connectivity index (χ4n) is 1.93. The van der Waals surface area contributed by atoms with Crippen molar-refractivity contribution in [3.63, 3.8) is 0 Å². The molecule has 2 rings (SSSR count). The van der Waals surface area contributed by atoms with Crippen molar-refractivity contribution in [1.82, 2.24) is 10.3 Å². The molecular formula is C16H18N2O2. The van der Waals surface area contributed by atoms with Crippen molar-refractivity contribution in [2.24, 2.45) is 0 Å². The van der Waals surface area contributed by atoms with Crippen LogP contribution in [0.15, 0.2) is 48.7 Å². The minimum atomic E-state index is -0.300. The number of rotatable bonds is 5. The van der Waals surface area contributed by atoms with Gasteiger partial charge in [0.2, 0.25) is 0 Å². The van der Waals surface area contributed by atoms with Crippen LogP contribution in [0.25, 0.3) is 0 Å². The van der Waals surface area contributed by atoms with Crippen molar-refractivity contribution in [3.05, 3.63) is 65.5 Å². The van der Waals surface area contributed by atoms with Gasteiger partial charge in [-0.25, -0.2) is 0 Å². The Labute approximate surface area is 118 Å². The van der Waals surface area contributed by atoms with Crippen molar-refractivity contribution in [2.75, 3.05) is 6.61 Å². The molecule has 1 heterocycles. The Morgan fingerprint density at radius 2 is 2.00 bits per heavy atom. The molecule has 0 radical (unpaired) electrons. The smallest absolute Gasteiger partial charge is 0.253 e. The van der Waals surface area contributed by atoms with E-state index in [1.807, 2.05) is 37.3 Å². The van der Waals surface area contributed by atoms with E-state index in [1.54, 1.807) is 18.3 Å². The van der Waals surface area contributed by atoms with Gasteiger partial charge in [-0.1, -0.05) is 30.3 Å². The zero-order valence-electron chi connectivity index (χ0n) is 11.4. The molecule has 0 fully saturated rings. The highest BCUT2D eigenvalue weighted by Gasteiger charge is 2.13. The Balaban J connectivity index is 1.99. The van der Waals surface area contributed by atoms with Gasteiger partial charge in [-0.05, 0) is 31.0 Å². The second-order valence-electron chi connectivity index (χ2n) is 4.73. The first-order chi connectivity index (χ1) is 9.69. The molecule has 4 nitrogen and oxygen atoms in total. The molecule has 0 aliphatic rings. The van der Waals surface area contributed by atoms with E-state index in [9.17, 15) is 9.90 Å². The molecule has 1 aromatic carbocycles. The van der Waals surface area contributed by atoms with E-state index in [0.717, 1.165) is 11.3 Å². The summed E-state index contributed by atoms with van der Waals surface area (Å²) in [5.74, 6) is -0.215. The Bertz CT molecular complexity index is 552. The number of aliphatic hydroxyl groups excluding tert-OH is 1. The van der Waals surface area contributed by atoms with E-state index in [-0.39, 0.29) is 18.6 Å². The Morgan fingerprint density at radius 3 is 2.60 bits per heavy atom. The fourth-order valence-corrected chi connectivity index (χ4v) is 1.93. The lowest BCUT2D eigenvalue weighted by molar-refractivity contribution is 0.0916. The van der Waals surface area contributed by atoms with E-state index >= 15 is 0 Å². The molecule has 2 aromatic rings. The van der Waals surface area contributed by atoms with E-state index in [2.05, 4.69) is 10.3 Å². The number of nitrogens with zero attached hydrogens (tertiary/aromatic N) is 1. The molecule has 2 N–H and O–H groups in total. The summed E-state index contributed by atoms with van der Waals surface area (Å²) in [6.45, 7) is 1.77. The number of hydrogen-bond donors (Lipinski definition) is 2. The first-order valence-corrected chi connectivity index (χ1v) is 6.57. The topological polar surface area (TPSA) is 62.2 Å². The molecule has 4 heteroatoms. The SMILES string of the molecule is Cc1ccc(C(=O)N[C@@H](CO)Cc2ccccc2)cn1. The van der Waals surface area contributed by atoms with E-state index in [0.29, 0.717) is 12.0 Å². The first kappa shape index (κ1) is 14.2. The molecule has 0 aliphatic carbocycles. The number of benzene rings is 1. The average Bonchev–Trinajstić information content (AvgIpc) is 2.48. The van der Waals surface area contributed by atoms with Crippen LogP contribution in [0.5, 0.6) is 0 Å². The van der Waals surface area contributed by atoms with Gasteiger partial charge in [0, 0.05) is 11.9 Å². The number of carbonyl (C=O) groups excluding carboxylic acids is 1. The highest BCUT2D eigenvalue weighted by molar-refractivity contribution is 5.94. The van der Waals surface area contributed by atoms with Gasteiger partial charge in [-0.3, -0.25) is 9.78 Å². The number of nitrogens with one attached hydrogen (secondary N) is 1. The summed E-state index contributed by atoms with van der Waals surface area (Å²) in [7, 11) is 0. The predicted molar refractivity (Wildman–Crippen MR) is 77.5 cm³/mol. The van der Waals surface area contributed by atoms with Crippen LogP contribution >= 0.6 is 0 Å². The van der Waals surface area contributed by atoms with Gasteiger partial charge < -0.3 is 10.4 Å². The second-order valence-corrected chi connectivity index (χ2v) is 4.73. The summed E-state index contributed by atoms with van der Waals surface area (Å²) >= 11 is 0. The van der Waals surface area contributed by atoms with Crippen LogP contribution in [-0.4, -0.2) is 28.6 Å². The summed E-state index contributed by atoms with van der Waals surface area (Å²) in [5, 5.41) is 12.2. The molecule has 20 heavy (non-hydrogen) atoms. The average molecular weight is 270 g/mol. The van der Waals surface area contributed by atoms with Crippen LogP contribution < -0.4 is 5.32 Å². The number of carbonyl (C=O) groups is 1. The Kier molecular flexibility index (Phi) is 4.85. The third-order valence-corrected chi connectivity index (χ3v) is 3.05. The highest BCUT2D eigenvalue weighted by Crippen LogP contribution is 2.05. The van der Waals surface area contributed by atoms with Crippen molar-refractivity contribution in [3.8, 4) is 0 Å². The maximum atomic E-state index is 12.1. The molecule has 1 amide bonds. The monoisotopic (exact) mass is 270 g/mol. The van der Waals surface area contributed by atoms with Crippen LogP contribution in [-0.2, 0) is 6.42 Å². The quantitative estimate of drug-likeness (QED) is 0.869. The number of aryl methyl sites for hydroxylation is 1. The van der Waals surface area contributed by atoms with E-state index < -0.39 is 0 Å². The van der Waals surface area contributed by atoms with Crippen LogP contribution in [0.4, 0.5) is 0 Å². The van der Waals surface area contributed by atoms with Crippen LogP contribution in [0.2, 0.25) is 0 Å². The van der Waals surface area contributed by atoms with Gasteiger partial charge in [-0.15, -0.1) is 0 Å². The normalized spacial score (nSPS) is 11.9. The number of aliphatic hydroxyl groups is 1. The predicted octanol–water partition coefficient (Wildman–Crippen LogP) is 1.72. The third kappa shape index (κ3) is 3.90. The molecule has 0 aliphatic heterocycles. The van der Waals surface area contributed by atoms with Crippen LogP contribution in [0.3, 0.4) is 0 Å². The van der Waals surface area contributed by atoms with Crippen molar-refractivity contribution in [2.45, 2.75) is 19.4 Å². The largest absolute Gasteiger partial charge is 0.394 e. The third-order valence-electron chi connectivity index (χ3n) is 3.05. The zero-order valence-corrected chi connectivity index (χ0v) is 11.4. The Hall–Kier alpha value is -2.20. The lowest BCUT2D eigenvalue weighted by Gasteiger charge is -2.16. The molecule has 0 bridgehead atoms. The lowest BCUT2D eigenvalue weighted by atomic mass is 10.1. The number of pyridine rings is 1. The standard InChI is InChI=1S/C16H18N2O2/c1-12-7-8-14(10-17-12)16(20)18-15(11-19)9-13-5-3-2-4-6-13/h2-8,10,15,19H,9,11H2,1H3,(H,18,20)/t15-/m1/s1. The van der Waals surface area contributed by atoms with Crippen molar-refractivity contribution in [1.29, 1.82) is 0 Å². The zero-order chi connectivity index (χ0) is 14.4.